The predicted molar refractivity (Wildman–Crippen MR) is 69.6 cm³/mol. The van der Waals surface area contributed by atoms with Crippen LogP contribution >= 0.6 is 12.4 Å². The average Bonchev–Trinajstić information content (AvgIpc) is 2.31. The minimum Gasteiger partial charge on any atom is -0.404 e. The van der Waals surface area contributed by atoms with Crippen molar-refractivity contribution in [1.29, 1.82) is 0 Å². The van der Waals surface area contributed by atoms with Gasteiger partial charge in [-0.05, 0) is 10.4 Å². The molecule has 2 nitrogen and oxygen atoms in total. The first-order valence-electron chi connectivity index (χ1n) is 4.77. The lowest BCUT2D eigenvalue weighted by Crippen LogP contribution is -2.59. The molecule has 2 aromatic rings. The Morgan fingerprint density at radius 3 is 1.25 bits per heavy atom. The van der Waals surface area contributed by atoms with Crippen LogP contribution in [0.5, 0.6) is 0 Å². The Balaban J connectivity index is 0.00000128. The molecule has 0 heterocycles. The lowest BCUT2D eigenvalue weighted by Gasteiger charge is -2.18. The largest absolute Gasteiger partial charge is 0.404 e. The van der Waals surface area contributed by atoms with Gasteiger partial charge in [-0.1, -0.05) is 60.7 Å². The van der Waals surface area contributed by atoms with Crippen LogP contribution in [0.4, 0.5) is 0 Å². The molecule has 0 aliphatic rings. The number of rotatable bonds is 2. The zero-order valence-electron chi connectivity index (χ0n) is 8.58. The molecule has 0 amide bonds. The van der Waals surface area contributed by atoms with Crippen LogP contribution in [0.1, 0.15) is 0 Å². The number of benzene rings is 2. The molecule has 0 aliphatic carbocycles. The van der Waals surface area contributed by atoms with Gasteiger partial charge in [0.05, 0.1) is 0 Å². The molecule has 0 bridgehead atoms. The average molecular weight is 253 g/mol. The van der Waals surface area contributed by atoms with Crippen LogP contribution in [0.25, 0.3) is 0 Å². The van der Waals surface area contributed by atoms with Crippen molar-refractivity contribution in [2.75, 3.05) is 0 Å². The molecule has 2 rings (SSSR count). The molecular formula is C12H13ClO2Si. The summed E-state index contributed by atoms with van der Waals surface area (Å²) in [6.45, 7) is 0. The van der Waals surface area contributed by atoms with Crippen molar-refractivity contribution in [3.05, 3.63) is 60.7 Å². The van der Waals surface area contributed by atoms with E-state index in [2.05, 4.69) is 0 Å². The van der Waals surface area contributed by atoms with E-state index in [1.807, 2.05) is 36.4 Å². The molecule has 0 saturated carbocycles. The van der Waals surface area contributed by atoms with E-state index < -0.39 is 8.56 Å². The Morgan fingerprint density at radius 1 is 0.625 bits per heavy atom. The third kappa shape index (κ3) is 2.51. The van der Waals surface area contributed by atoms with Gasteiger partial charge in [0, 0.05) is 0 Å². The molecule has 0 atom stereocenters. The normalized spacial score (nSPS) is 10.6. The zero-order valence-corrected chi connectivity index (χ0v) is 10.4. The van der Waals surface area contributed by atoms with Gasteiger partial charge >= 0.3 is 8.56 Å². The van der Waals surface area contributed by atoms with Crippen LogP contribution in [-0.2, 0) is 0 Å². The van der Waals surface area contributed by atoms with E-state index in [1.165, 1.54) is 0 Å². The monoisotopic (exact) mass is 252 g/mol. The van der Waals surface area contributed by atoms with Crippen LogP contribution in [0.2, 0.25) is 0 Å². The fourth-order valence-electron chi connectivity index (χ4n) is 1.51. The maximum atomic E-state index is 10.2. The molecule has 4 heteroatoms. The number of hydrogen-bond acceptors (Lipinski definition) is 2. The highest BCUT2D eigenvalue weighted by atomic mass is 35.5. The summed E-state index contributed by atoms with van der Waals surface area (Å²) in [6.07, 6.45) is 0. The summed E-state index contributed by atoms with van der Waals surface area (Å²) in [5.41, 5.74) is 0. The highest BCUT2D eigenvalue weighted by Crippen LogP contribution is 1.97. The summed E-state index contributed by atoms with van der Waals surface area (Å²) in [4.78, 5) is 20.3. The second-order valence-electron chi connectivity index (χ2n) is 3.40. The Morgan fingerprint density at radius 2 is 0.938 bits per heavy atom. The van der Waals surface area contributed by atoms with Crippen molar-refractivity contribution < 1.29 is 9.59 Å². The van der Waals surface area contributed by atoms with Crippen LogP contribution < -0.4 is 10.4 Å². The summed E-state index contributed by atoms with van der Waals surface area (Å²) in [6, 6.07) is 18.0. The Hall–Kier alpha value is -1.13. The lowest BCUT2D eigenvalue weighted by atomic mass is 10.4. The van der Waals surface area contributed by atoms with Crippen LogP contribution in [0.3, 0.4) is 0 Å². The maximum absolute atomic E-state index is 10.2. The van der Waals surface area contributed by atoms with E-state index in [9.17, 15) is 9.59 Å². The third-order valence-corrected chi connectivity index (χ3v) is 4.63. The molecule has 84 valence electrons. The van der Waals surface area contributed by atoms with Gasteiger partial charge in [-0.3, -0.25) is 0 Å². The van der Waals surface area contributed by atoms with Crippen LogP contribution in [0, 0.1) is 0 Å². The highest BCUT2D eigenvalue weighted by molar-refractivity contribution is 6.90. The minimum absolute atomic E-state index is 0. The third-order valence-electron chi connectivity index (χ3n) is 2.35. The SMILES string of the molecule is Cl.O[Si](O)(c1ccccc1)c1ccccc1. The van der Waals surface area contributed by atoms with Gasteiger partial charge in [0.2, 0.25) is 0 Å². The van der Waals surface area contributed by atoms with Gasteiger partial charge in [0.15, 0.2) is 0 Å². The van der Waals surface area contributed by atoms with Gasteiger partial charge in [0.1, 0.15) is 0 Å². The van der Waals surface area contributed by atoms with Gasteiger partial charge in [-0.2, -0.15) is 0 Å². The molecule has 0 spiro atoms. The fourth-order valence-corrected chi connectivity index (χ4v) is 3.16. The number of hydrogen-bond donors (Lipinski definition) is 2. The molecule has 0 unspecified atom stereocenters. The first-order valence-corrected chi connectivity index (χ1v) is 6.66. The summed E-state index contributed by atoms with van der Waals surface area (Å²) in [5.74, 6) is 0. The quantitative estimate of drug-likeness (QED) is 0.771. The molecule has 0 radical (unpaired) electrons. The summed E-state index contributed by atoms with van der Waals surface area (Å²) in [5, 5.41) is 1.22. The van der Waals surface area contributed by atoms with Gasteiger partial charge in [0.25, 0.3) is 0 Å². The molecule has 0 aromatic heterocycles. The Bertz CT molecular complexity index is 390. The summed E-state index contributed by atoms with van der Waals surface area (Å²) < 4.78 is 0. The number of halogens is 1. The van der Waals surface area contributed by atoms with Crippen molar-refractivity contribution in [3.63, 3.8) is 0 Å². The van der Waals surface area contributed by atoms with Crippen molar-refractivity contribution in [3.8, 4) is 0 Å². The van der Waals surface area contributed by atoms with Crippen molar-refractivity contribution in [1.82, 2.24) is 0 Å². The highest BCUT2D eigenvalue weighted by Gasteiger charge is 2.33. The Kier molecular flexibility index (Phi) is 4.26. The second-order valence-corrected chi connectivity index (χ2v) is 5.90. The van der Waals surface area contributed by atoms with E-state index >= 15 is 0 Å². The van der Waals surface area contributed by atoms with Crippen LogP contribution in [-0.4, -0.2) is 18.2 Å². The summed E-state index contributed by atoms with van der Waals surface area (Å²) in [7, 11) is -3.46. The molecule has 0 saturated heterocycles. The first kappa shape index (κ1) is 12.9. The Labute approximate surface area is 102 Å². The smallest absolute Gasteiger partial charge is 0.401 e. The van der Waals surface area contributed by atoms with Gasteiger partial charge < -0.3 is 9.59 Å². The second kappa shape index (κ2) is 5.27. The minimum atomic E-state index is -3.46. The van der Waals surface area contributed by atoms with E-state index in [1.54, 1.807) is 24.3 Å². The predicted octanol–water partition coefficient (Wildman–Crippen LogP) is 0.649. The fraction of sp³-hybridized carbons (Fsp3) is 0. The van der Waals surface area contributed by atoms with Crippen LogP contribution in [0.15, 0.2) is 60.7 Å². The van der Waals surface area contributed by atoms with Gasteiger partial charge in [-0.15, -0.1) is 12.4 Å². The lowest BCUT2D eigenvalue weighted by molar-refractivity contribution is 0.401. The molecule has 0 fully saturated rings. The molecule has 2 aromatic carbocycles. The van der Waals surface area contributed by atoms with E-state index in [-0.39, 0.29) is 12.4 Å². The maximum Gasteiger partial charge on any atom is 0.401 e. The summed E-state index contributed by atoms with van der Waals surface area (Å²) >= 11 is 0. The van der Waals surface area contributed by atoms with Gasteiger partial charge in [-0.25, -0.2) is 0 Å². The van der Waals surface area contributed by atoms with E-state index in [4.69, 9.17) is 0 Å². The molecule has 2 N–H and O–H groups in total. The molecule has 0 aliphatic heterocycles. The zero-order chi connectivity index (χ0) is 10.7. The first-order chi connectivity index (χ1) is 7.21. The van der Waals surface area contributed by atoms with Crippen molar-refractivity contribution in [2.45, 2.75) is 0 Å². The van der Waals surface area contributed by atoms with Crippen molar-refractivity contribution in [2.24, 2.45) is 0 Å². The topological polar surface area (TPSA) is 40.5 Å². The molecule has 16 heavy (non-hydrogen) atoms. The standard InChI is InChI=1S/C12H12O2Si.ClH/c13-15(14,11-7-3-1-4-8-11)12-9-5-2-6-10-12;/h1-10,13-14H;1H. The van der Waals surface area contributed by atoms with E-state index in [0.29, 0.717) is 10.4 Å². The van der Waals surface area contributed by atoms with E-state index in [0.717, 1.165) is 0 Å². The molecular weight excluding hydrogens is 240 g/mol. The van der Waals surface area contributed by atoms with Crippen molar-refractivity contribution >= 4 is 31.3 Å².